The number of likely N-dealkylation sites (tertiary alicyclic amines) is 2. The average molecular weight is 332 g/mol. The van der Waals surface area contributed by atoms with Crippen LogP contribution in [-0.4, -0.2) is 61.0 Å². The summed E-state index contributed by atoms with van der Waals surface area (Å²) in [5, 5.41) is 0. The minimum absolute atomic E-state index is 0.00722. The lowest BCUT2D eigenvalue weighted by atomic mass is 10.1. The van der Waals surface area contributed by atoms with Gasteiger partial charge >= 0.3 is 6.03 Å². The lowest BCUT2D eigenvalue weighted by Gasteiger charge is -2.28. The Hall–Kier alpha value is -2.24. The topological polar surface area (TPSA) is 59.1 Å². The van der Waals surface area contributed by atoms with Gasteiger partial charge in [0, 0.05) is 19.6 Å². The number of ether oxygens (including phenoxy) is 2. The van der Waals surface area contributed by atoms with E-state index in [1.807, 2.05) is 4.90 Å². The Morgan fingerprint density at radius 3 is 2.38 bits per heavy atom. The van der Waals surface area contributed by atoms with Crippen LogP contribution >= 0.6 is 0 Å². The van der Waals surface area contributed by atoms with E-state index in [0.717, 1.165) is 44.5 Å². The van der Waals surface area contributed by atoms with Gasteiger partial charge in [-0.15, -0.1) is 0 Å². The van der Waals surface area contributed by atoms with E-state index >= 15 is 0 Å². The third-order valence-electron chi connectivity index (χ3n) is 4.69. The molecule has 1 atom stereocenters. The van der Waals surface area contributed by atoms with Crippen LogP contribution in [0.2, 0.25) is 0 Å². The van der Waals surface area contributed by atoms with Gasteiger partial charge in [-0.1, -0.05) is 0 Å². The summed E-state index contributed by atoms with van der Waals surface area (Å²) >= 11 is 0. The van der Waals surface area contributed by atoms with Crippen LogP contribution in [0.3, 0.4) is 0 Å². The zero-order chi connectivity index (χ0) is 16.9. The first kappa shape index (κ1) is 16.6. The van der Waals surface area contributed by atoms with Crippen LogP contribution in [0.1, 0.15) is 25.7 Å². The van der Waals surface area contributed by atoms with Crippen LogP contribution in [0, 0.1) is 0 Å². The van der Waals surface area contributed by atoms with Gasteiger partial charge in [-0.3, -0.25) is 4.79 Å². The molecular weight excluding hydrogens is 308 g/mol. The molecule has 0 bridgehead atoms. The molecule has 2 fully saturated rings. The highest BCUT2D eigenvalue weighted by Crippen LogP contribution is 2.23. The molecule has 130 valence electrons. The number of amides is 2. The summed E-state index contributed by atoms with van der Waals surface area (Å²) in [5.74, 6) is 1.34. The highest BCUT2D eigenvalue weighted by molar-refractivity contribution is 5.90. The first-order valence-corrected chi connectivity index (χ1v) is 8.54. The molecule has 6 heteroatoms. The Morgan fingerprint density at radius 2 is 1.71 bits per heavy atom. The van der Waals surface area contributed by atoms with E-state index < -0.39 is 0 Å². The first-order chi connectivity index (χ1) is 11.7. The summed E-state index contributed by atoms with van der Waals surface area (Å²) in [5.41, 5.74) is 0. The number of ketones is 1. The molecule has 1 unspecified atom stereocenters. The molecule has 0 aliphatic carbocycles. The predicted molar refractivity (Wildman–Crippen MR) is 89.4 cm³/mol. The maximum Gasteiger partial charge on any atom is 0.320 e. The van der Waals surface area contributed by atoms with Gasteiger partial charge < -0.3 is 19.3 Å². The van der Waals surface area contributed by atoms with Crippen LogP contribution in [-0.2, 0) is 4.79 Å². The molecule has 3 rings (SSSR count). The third-order valence-corrected chi connectivity index (χ3v) is 4.69. The van der Waals surface area contributed by atoms with Crippen LogP contribution < -0.4 is 9.47 Å². The second kappa shape index (κ2) is 7.55. The molecule has 2 saturated heterocycles. The van der Waals surface area contributed by atoms with Gasteiger partial charge in [-0.2, -0.15) is 0 Å². The van der Waals surface area contributed by atoms with E-state index in [-0.39, 0.29) is 24.5 Å². The van der Waals surface area contributed by atoms with E-state index in [4.69, 9.17) is 9.47 Å². The zero-order valence-corrected chi connectivity index (χ0v) is 14.1. The molecule has 0 aromatic heterocycles. The summed E-state index contributed by atoms with van der Waals surface area (Å²) < 4.78 is 10.7. The predicted octanol–water partition coefficient (Wildman–Crippen LogP) is 2.32. The van der Waals surface area contributed by atoms with Gasteiger partial charge in [0.25, 0.3) is 0 Å². The van der Waals surface area contributed by atoms with Crippen LogP contribution in [0.15, 0.2) is 24.3 Å². The smallest absolute Gasteiger partial charge is 0.320 e. The second-order valence-corrected chi connectivity index (χ2v) is 6.26. The maximum absolute atomic E-state index is 12.6. The van der Waals surface area contributed by atoms with Crippen molar-refractivity contribution in [3.63, 3.8) is 0 Å². The number of Topliss-reactive ketones (excluding diaryl/α,β-unsaturated/α-hetero) is 1. The van der Waals surface area contributed by atoms with E-state index in [9.17, 15) is 9.59 Å². The summed E-state index contributed by atoms with van der Waals surface area (Å²) in [6.45, 7) is 2.26. The lowest BCUT2D eigenvalue weighted by molar-refractivity contribution is -0.124. The molecule has 1 aromatic rings. The quantitative estimate of drug-likeness (QED) is 0.830. The standard InChI is InChI=1S/C18H24N2O4/c1-23-14-6-8-15(9-7-14)24-13-17(21)16-5-4-12-20(16)18(22)19-10-2-3-11-19/h6-9,16H,2-5,10-13H2,1H3. The number of carbonyl (C=O) groups is 2. The van der Waals surface area contributed by atoms with E-state index in [1.165, 1.54) is 0 Å². The summed E-state index contributed by atoms with van der Waals surface area (Å²) in [7, 11) is 1.60. The Morgan fingerprint density at radius 1 is 1.04 bits per heavy atom. The monoisotopic (exact) mass is 332 g/mol. The lowest BCUT2D eigenvalue weighted by Crippen LogP contribution is -2.48. The van der Waals surface area contributed by atoms with Gasteiger partial charge in [0.05, 0.1) is 13.2 Å². The second-order valence-electron chi connectivity index (χ2n) is 6.26. The highest BCUT2D eigenvalue weighted by atomic mass is 16.5. The normalized spacial score (nSPS) is 20.3. The van der Waals surface area contributed by atoms with E-state index in [2.05, 4.69) is 0 Å². The van der Waals surface area contributed by atoms with Crippen molar-refractivity contribution in [2.24, 2.45) is 0 Å². The fourth-order valence-electron chi connectivity index (χ4n) is 3.34. The average Bonchev–Trinajstić information content (AvgIpc) is 3.31. The van der Waals surface area contributed by atoms with Gasteiger partial charge in [0.1, 0.15) is 18.1 Å². The van der Waals surface area contributed by atoms with Crippen molar-refractivity contribution in [3.8, 4) is 11.5 Å². The molecule has 2 heterocycles. The van der Waals surface area contributed by atoms with E-state index in [1.54, 1.807) is 36.3 Å². The first-order valence-electron chi connectivity index (χ1n) is 8.54. The van der Waals surface area contributed by atoms with Crippen LogP contribution in [0.25, 0.3) is 0 Å². The van der Waals surface area contributed by atoms with E-state index in [0.29, 0.717) is 12.3 Å². The molecule has 2 amide bonds. The summed E-state index contributed by atoms with van der Waals surface area (Å²) in [6.07, 6.45) is 3.71. The minimum atomic E-state index is -0.351. The van der Waals surface area contributed by atoms with Crippen molar-refractivity contribution < 1.29 is 19.1 Å². The number of nitrogens with zero attached hydrogens (tertiary/aromatic N) is 2. The largest absolute Gasteiger partial charge is 0.497 e. The third kappa shape index (κ3) is 3.63. The maximum atomic E-state index is 12.6. The molecule has 24 heavy (non-hydrogen) atoms. The van der Waals surface area contributed by atoms with Crippen molar-refractivity contribution in [2.45, 2.75) is 31.7 Å². The Kier molecular flexibility index (Phi) is 5.23. The summed E-state index contributed by atoms with van der Waals surface area (Å²) in [6, 6.07) is 6.78. The van der Waals surface area contributed by atoms with Gasteiger partial charge in [0.2, 0.25) is 0 Å². The zero-order valence-electron chi connectivity index (χ0n) is 14.1. The highest BCUT2D eigenvalue weighted by Gasteiger charge is 2.36. The van der Waals surface area contributed by atoms with Crippen molar-refractivity contribution in [2.75, 3.05) is 33.4 Å². The van der Waals surface area contributed by atoms with Gasteiger partial charge in [-0.05, 0) is 49.9 Å². The molecule has 1 aromatic carbocycles. The summed E-state index contributed by atoms with van der Waals surface area (Å²) in [4.78, 5) is 28.6. The number of rotatable bonds is 5. The van der Waals surface area contributed by atoms with Crippen LogP contribution in [0.5, 0.6) is 11.5 Å². The van der Waals surface area contributed by atoms with Crippen LogP contribution in [0.4, 0.5) is 4.79 Å². The molecule has 6 nitrogen and oxygen atoms in total. The molecule has 0 saturated carbocycles. The Bertz CT molecular complexity index is 581. The van der Waals surface area contributed by atoms with Gasteiger partial charge in [0.15, 0.2) is 5.78 Å². The fourth-order valence-corrected chi connectivity index (χ4v) is 3.34. The number of methoxy groups -OCH3 is 1. The molecule has 2 aliphatic rings. The number of carbonyl (C=O) groups excluding carboxylic acids is 2. The molecule has 0 radical (unpaired) electrons. The fraction of sp³-hybridized carbons (Fsp3) is 0.556. The molecule has 2 aliphatic heterocycles. The van der Waals surface area contributed by atoms with Crippen molar-refractivity contribution in [3.05, 3.63) is 24.3 Å². The van der Waals surface area contributed by atoms with Gasteiger partial charge in [-0.25, -0.2) is 4.79 Å². The number of urea groups is 1. The Balaban J connectivity index is 1.55. The molecule has 0 N–H and O–H groups in total. The number of hydrogen-bond donors (Lipinski definition) is 0. The minimum Gasteiger partial charge on any atom is -0.497 e. The number of benzene rings is 1. The Labute approximate surface area is 142 Å². The van der Waals surface area contributed by atoms with Crippen molar-refractivity contribution in [1.82, 2.24) is 9.80 Å². The molecular formula is C18H24N2O4. The van der Waals surface area contributed by atoms with Crippen molar-refractivity contribution in [1.29, 1.82) is 0 Å². The number of hydrogen-bond acceptors (Lipinski definition) is 4. The SMILES string of the molecule is COc1ccc(OCC(=O)C2CCCN2C(=O)N2CCCC2)cc1. The molecule has 0 spiro atoms. The van der Waals surface area contributed by atoms with Crippen molar-refractivity contribution >= 4 is 11.8 Å².